The van der Waals surface area contributed by atoms with E-state index in [1.165, 1.54) is 154 Å². The second kappa shape index (κ2) is 63.1. The quantitative estimate of drug-likeness (QED) is 0.0261. The molecule has 1 atom stereocenters. The first-order valence-electron chi connectivity index (χ1n) is 32.1. The van der Waals surface area contributed by atoms with Crippen molar-refractivity contribution in [2.45, 2.75) is 322 Å². The van der Waals surface area contributed by atoms with E-state index in [0.29, 0.717) is 19.3 Å². The highest BCUT2D eigenvalue weighted by Crippen LogP contribution is 2.17. The van der Waals surface area contributed by atoms with Crippen LogP contribution in [-0.2, 0) is 28.6 Å². The maximum atomic E-state index is 12.8. The molecule has 0 radical (unpaired) electrons. The van der Waals surface area contributed by atoms with Crippen LogP contribution in [0.4, 0.5) is 0 Å². The summed E-state index contributed by atoms with van der Waals surface area (Å²) in [5.74, 6) is -0.886. The zero-order valence-corrected chi connectivity index (χ0v) is 49.6. The molecule has 0 saturated heterocycles. The molecule has 0 rings (SSSR count). The van der Waals surface area contributed by atoms with Gasteiger partial charge >= 0.3 is 17.9 Å². The Morgan fingerprint density at radius 3 is 0.813 bits per heavy atom. The Labute approximate surface area is 465 Å². The van der Waals surface area contributed by atoms with Crippen molar-refractivity contribution in [3.63, 3.8) is 0 Å². The monoisotopic (exact) mass is 1040 g/mol. The van der Waals surface area contributed by atoms with Gasteiger partial charge in [0.15, 0.2) is 6.10 Å². The maximum absolute atomic E-state index is 12.8. The molecular weight excluding hydrogens is 925 g/mol. The van der Waals surface area contributed by atoms with Crippen LogP contribution >= 0.6 is 0 Å². The Kier molecular flexibility index (Phi) is 60.3. The van der Waals surface area contributed by atoms with E-state index < -0.39 is 6.10 Å². The molecule has 0 aliphatic rings. The summed E-state index contributed by atoms with van der Waals surface area (Å²) in [6.07, 6.45) is 83.4. The van der Waals surface area contributed by atoms with Gasteiger partial charge in [-0.15, -0.1) is 0 Å². The highest BCUT2D eigenvalue weighted by molar-refractivity contribution is 5.71. The maximum Gasteiger partial charge on any atom is 0.306 e. The van der Waals surface area contributed by atoms with Gasteiger partial charge in [-0.05, 0) is 89.9 Å². The second-order valence-corrected chi connectivity index (χ2v) is 21.3. The zero-order chi connectivity index (χ0) is 54.3. The predicted molar refractivity (Wildman–Crippen MR) is 325 cm³/mol. The topological polar surface area (TPSA) is 78.9 Å². The number of carbonyl (C=O) groups excluding carboxylic acids is 3. The van der Waals surface area contributed by atoms with Crippen molar-refractivity contribution < 1.29 is 28.6 Å². The predicted octanol–water partition coefficient (Wildman–Crippen LogP) is 21.9. The first kappa shape index (κ1) is 71.6. The average Bonchev–Trinajstić information content (AvgIpc) is 3.41. The molecule has 0 aliphatic heterocycles. The smallest absolute Gasteiger partial charge is 0.306 e. The molecule has 0 aliphatic carbocycles. The van der Waals surface area contributed by atoms with Crippen LogP contribution in [0.3, 0.4) is 0 Å². The molecule has 0 amide bonds. The molecule has 0 saturated carbocycles. The third kappa shape index (κ3) is 61.3. The van der Waals surface area contributed by atoms with Crippen LogP contribution < -0.4 is 0 Å². The van der Waals surface area contributed by atoms with Gasteiger partial charge in [0.25, 0.3) is 0 Å². The van der Waals surface area contributed by atoms with Crippen LogP contribution in [0.2, 0.25) is 0 Å². The summed E-state index contributed by atoms with van der Waals surface area (Å²) in [7, 11) is 0. The standard InChI is InChI=1S/C69H120O6/c1-4-7-10-13-16-19-21-23-25-26-27-28-29-30-31-32-33-34-35-36-37-38-39-40-41-42-44-45-47-50-53-56-59-62-68(71)74-65-66(64-73-67(70)61-58-55-52-49-18-15-12-9-6-3)75-69(72)63-60-57-54-51-48-46-43-24-22-20-17-14-11-8-5-2/h7-8,10-11,16-17,19-20,23-25,27-28,43,66H,4-6,9,12-15,18,21-22,26,29-42,44-65H2,1-3H3/b10-7-,11-8-,19-16-,20-17-,25-23-,28-27-,43-24-. The lowest BCUT2D eigenvalue weighted by atomic mass is 10.0. The molecule has 1 unspecified atom stereocenters. The summed E-state index contributed by atoms with van der Waals surface area (Å²) in [5, 5.41) is 0. The Bertz CT molecular complexity index is 1430. The molecule has 0 aromatic heterocycles. The number of hydrogen-bond acceptors (Lipinski definition) is 6. The number of ether oxygens (including phenoxy) is 3. The fourth-order valence-electron chi connectivity index (χ4n) is 9.16. The molecule has 0 N–H and O–H groups in total. The second-order valence-electron chi connectivity index (χ2n) is 21.3. The average molecular weight is 1050 g/mol. The van der Waals surface area contributed by atoms with E-state index in [1.807, 2.05) is 0 Å². The van der Waals surface area contributed by atoms with Crippen LogP contribution in [0, 0.1) is 0 Å². The number of carbonyl (C=O) groups is 3. The first-order chi connectivity index (χ1) is 37.0. The van der Waals surface area contributed by atoms with Gasteiger partial charge in [-0.25, -0.2) is 0 Å². The molecule has 0 heterocycles. The molecule has 0 bridgehead atoms. The Morgan fingerprint density at radius 2 is 0.520 bits per heavy atom. The van der Waals surface area contributed by atoms with Crippen LogP contribution in [0.15, 0.2) is 85.1 Å². The minimum absolute atomic E-state index is 0.0790. The van der Waals surface area contributed by atoms with E-state index in [2.05, 4.69) is 106 Å². The number of rotatable bonds is 58. The van der Waals surface area contributed by atoms with Crippen molar-refractivity contribution in [3.05, 3.63) is 85.1 Å². The van der Waals surface area contributed by atoms with E-state index in [4.69, 9.17) is 14.2 Å². The van der Waals surface area contributed by atoms with E-state index >= 15 is 0 Å². The molecular formula is C69H120O6. The van der Waals surface area contributed by atoms with Crippen molar-refractivity contribution in [2.75, 3.05) is 13.2 Å². The molecule has 6 heteroatoms. The Morgan fingerprint density at radius 1 is 0.280 bits per heavy atom. The van der Waals surface area contributed by atoms with Gasteiger partial charge in [-0.3, -0.25) is 14.4 Å². The third-order valence-electron chi connectivity index (χ3n) is 13.9. The molecule has 0 aromatic rings. The van der Waals surface area contributed by atoms with E-state index in [1.54, 1.807) is 0 Å². The van der Waals surface area contributed by atoms with E-state index in [0.717, 1.165) is 122 Å². The lowest BCUT2D eigenvalue weighted by Gasteiger charge is -2.18. The van der Waals surface area contributed by atoms with Crippen molar-refractivity contribution >= 4 is 17.9 Å². The number of esters is 3. The highest BCUT2D eigenvalue weighted by atomic mass is 16.6. The zero-order valence-electron chi connectivity index (χ0n) is 49.6. The Hall–Kier alpha value is -3.41. The van der Waals surface area contributed by atoms with Crippen LogP contribution in [0.1, 0.15) is 316 Å². The normalized spacial score (nSPS) is 12.6. The minimum atomic E-state index is -0.781. The molecule has 0 fully saturated rings. The molecule has 0 spiro atoms. The number of hydrogen-bond donors (Lipinski definition) is 0. The number of unbranched alkanes of at least 4 members (excludes halogenated alkanes) is 33. The van der Waals surface area contributed by atoms with Crippen LogP contribution in [-0.4, -0.2) is 37.2 Å². The van der Waals surface area contributed by atoms with E-state index in [9.17, 15) is 14.4 Å². The summed E-state index contributed by atoms with van der Waals surface area (Å²) in [6.45, 7) is 6.41. The van der Waals surface area contributed by atoms with Crippen LogP contribution in [0.5, 0.6) is 0 Å². The largest absolute Gasteiger partial charge is 0.462 e. The minimum Gasteiger partial charge on any atom is -0.462 e. The summed E-state index contributed by atoms with van der Waals surface area (Å²) in [5.41, 5.74) is 0. The van der Waals surface area contributed by atoms with Crippen molar-refractivity contribution in [1.82, 2.24) is 0 Å². The summed E-state index contributed by atoms with van der Waals surface area (Å²) in [6, 6.07) is 0. The van der Waals surface area contributed by atoms with Gasteiger partial charge in [-0.2, -0.15) is 0 Å². The third-order valence-corrected chi connectivity index (χ3v) is 13.9. The van der Waals surface area contributed by atoms with Gasteiger partial charge in [-0.1, -0.05) is 292 Å². The van der Waals surface area contributed by atoms with Gasteiger partial charge in [0.2, 0.25) is 0 Å². The summed E-state index contributed by atoms with van der Waals surface area (Å²) < 4.78 is 16.8. The van der Waals surface area contributed by atoms with Gasteiger partial charge in [0.05, 0.1) is 0 Å². The molecule has 75 heavy (non-hydrogen) atoms. The molecule has 0 aromatic carbocycles. The summed E-state index contributed by atoms with van der Waals surface area (Å²) >= 11 is 0. The van der Waals surface area contributed by atoms with E-state index in [-0.39, 0.29) is 31.1 Å². The fraction of sp³-hybridized carbons (Fsp3) is 0.754. The van der Waals surface area contributed by atoms with Crippen molar-refractivity contribution in [1.29, 1.82) is 0 Å². The first-order valence-corrected chi connectivity index (χ1v) is 32.1. The highest BCUT2D eigenvalue weighted by Gasteiger charge is 2.19. The van der Waals surface area contributed by atoms with Gasteiger partial charge < -0.3 is 14.2 Å². The van der Waals surface area contributed by atoms with Gasteiger partial charge in [0.1, 0.15) is 13.2 Å². The SMILES string of the molecule is CC/C=C\C/C=C\C/C=C\C/C=C\CCCCCCCCCCCCCCCCCCCCCCC(=O)OCC(COC(=O)CCCCCCCCCCC)OC(=O)CCCCCCC/C=C\C/C=C\C/C=C\CC. The van der Waals surface area contributed by atoms with Crippen LogP contribution in [0.25, 0.3) is 0 Å². The van der Waals surface area contributed by atoms with Gasteiger partial charge in [0, 0.05) is 19.3 Å². The number of allylic oxidation sites excluding steroid dienone is 14. The van der Waals surface area contributed by atoms with Crippen molar-refractivity contribution in [3.8, 4) is 0 Å². The fourth-order valence-corrected chi connectivity index (χ4v) is 9.16. The molecule has 432 valence electrons. The lowest BCUT2D eigenvalue weighted by molar-refractivity contribution is -0.167. The van der Waals surface area contributed by atoms with Crippen molar-refractivity contribution in [2.24, 2.45) is 0 Å². The molecule has 6 nitrogen and oxygen atoms in total. The summed E-state index contributed by atoms with van der Waals surface area (Å²) in [4.78, 5) is 38.1. The Balaban J connectivity index is 4.05. The lowest BCUT2D eigenvalue weighted by Crippen LogP contribution is -2.30.